The van der Waals surface area contributed by atoms with Crippen LogP contribution in [0, 0.1) is 26.2 Å². The lowest BCUT2D eigenvalue weighted by molar-refractivity contribution is 0.247. The van der Waals surface area contributed by atoms with Crippen LogP contribution in [0.15, 0.2) is 23.2 Å². The van der Waals surface area contributed by atoms with Crippen molar-refractivity contribution < 1.29 is 0 Å². The Morgan fingerprint density at radius 3 is 2.56 bits per heavy atom. The summed E-state index contributed by atoms with van der Waals surface area (Å²) in [5.74, 6) is 2.29. The molecule has 0 saturated carbocycles. The first-order chi connectivity index (χ1) is 17.3. The molecule has 1 atom stereocenters. The fourth-order valence-corrected chi connectivity index (χ4v) is 7.59. The molecule has 2 aromatic heterocycles. The van der Waals surface area contributed by atoms with E-state index < -0.39 is 0 Å². The molecule has 0 aliphatic carbocycles. The van der Waals surface area contributed by atoms with Crippen molar-refractivity contribution in [2.24, 2.45) is 10.4 Å². The Morgan fingerprint density at radius 1 is 1.08 bits per heavy atom. The van der Waals surface area contributed by atoms with Gasteiger partial charge in [-0.05, 0) is 88.1 Å². The molecule has 2 fully saturated rings. The number of hydrogen-bond acceptors (Lipinski definition) is 6. The third-order valence-electron chi connectivity index (χ3n) is 8.77. The van der Waals surface area contributed by atoms with Gasteiger partial charge >= 0.3 is 0 Å². The first kappa shape index (κ1) is 23.9. The number of nitrogens with one attached hydrogen (secondary N) is 1. The van der Waals surface area contributed by atoms with Crippen molar-refractivity contribution in [2.75, 3.05) is 31.1 Å². The fourth-order valence-electron chi connectivity index (χ4n) is 6.38. The SMILES string of the molecule is Cc1sc2c(c1C)C(c1ccc(N3CCC4(CCNC4)CC3)c(C(C)C)c1)=N[C@@H](C)c1nnc(C)n1-2. The molecule has 190 valence electrons. The zero-order chi connectivity index (χ0) is 25.2. The zero-order valence-corrected chi connectivity index (χ0v) is 23.3. The monoisotopic (exact) mass is 502 g/mol. The van der Waals surface area contributed by atoms with Gasteiger partial charge in [-0.1, -0.05) is 19.9 Å². The van der Waals surface area contributed by atoms with Gasteiger partial charge in [0.1, 0.15) is 16.9 Å². The number of nitrogens with zero attached hydrogens (tertiary/aromatic N) is 5. The van der Waals surface area contributed by atoms with Crippen LogP contribution in [0.2, 0.25) is 0 Å². The molecular weight excluding hydrogens is 464 g/mol. The number of thiophene rings is 1. The van der Waals surface area contributed by atoms with Crippen LogP contribution >= 0.6 is 11.3 Å². The lowest BCUT2D eigenvalue weighted by Crippen LogP contribution is -2.41. The highest BCUT2D eigenvalue weighted by molar-refractivity contribution is 7.15. The van der Waals surface area contributed by atoms with E-state index in [1.807, 2.05) is 18.3 Å². The highest BCUT2D eigenvalue weighted by atomic mass is 32.1. The first-order valence-electron chi connectivity index (χ1n) is 13.5. The molecule has 1 aromatic carbocycles. The lowest BCUT2D eigenvalue weighted by Gasteiger charge is -2.41. The number of hydrogen-bond donors (Lipinski definition) is 1. The normalized spacial score (nSPS) is 21.0. The van der Waals surface area contributed by atoms with Gasteiger partial charge in [-0.15, -0.1) is 21.5 Å². The minimum Gasteiger partial charge on any atom is -0.371 e. The van der Waals surface area contributed by atoms with Crippen LogP contribution in [0.4, 0.5) is 5.69 Å². The molecule has 0 amide bonds. The van der Waals surface area contributed by atoms with Crippen LogP contribution in [-0.2, 0) is 0 Å². The number of anilines is 1. The van der Waals surface area contributed by atoms with Gasteiger partial charge in [0.25, 0.3) is 0 Å². The fraction of sp³-hybridized carbons (Fsp3) is 0.552. The quantitative estimate of drug-likeness (QED) is 0.487. The van der Waals surface area contributed by atoms with E-state index in [4.69, 9.17) is 4.99 Å². The average Bonchev–Trinajstić information content (AvgIpc) is 3.53. The van der Waals surface area contributed by atoms with Gasteiger partial charge in [-0.25, -0.2) is 0 Å². The number of rotatable bonds is 3. The van der Waals surface area contributed by atoms with E-state index >= 15 is 0 Å². The van der Waals surface area contributed by atoms with Crippen molar-refractivity contribution >= 4 is 22.7 Å². The predicted octanol–water partition coefficient (Wildman–Crippen LogP) is 5.87. The van der Waals surface area contributed by atoms with E-state index in [9.17, 15) is 0 Å². The van der Waals surface area contributed by atoms with Crippen molar-refractivity contribution in [1.82, 2.24) is 20.1 Å². The van der Waals surface area contributed by atoms with Crippen molar-refractivity contribution in [2.45, 2.75) is 72.8 Å². The summed E-state index contributed by atoms with van der Waals surface area (Å²) < 4.78 is 2.22. The van der Waals surface area contributed by atoms with Crippen molar-refractivity contribution in [3.05, 3.63) is 57.0 Å². The van der Waals surface area contributed by atoms with Crippen LogP contribution in [0.25, 0.3) is 5.00 Å². The summed E-state index contributed by atoms with van der Waals surface area (Å²) in [5, 5.41) is 13.7. The molecule has 7 heteroatoms. The molecule has 2 saturated heterocycles. The molecule has 3 aliphatic heterocycles. The Labute approximate surface area is 218 Å². The number of aromatic nitrogens is 3. The number of benzene rings is 1. The summed E-state index contributed by atoms with van der Waals surface area (Å²) in [7, 11) is 0. The summed E-state index contributed by atoms with van der Waals surface area (Å²) in [6, 6.07) is 7.04. The molecule has 0 radical (unpaired) electrons. The minimum atomic E-state index is -0.0546. The standard InChI is InChI=1S/C29H38N6S/c1-17(2)23-15-22(7-8-24(23)34-13-10-29(11-14-34)9-12-30-16-29)26-25-18(3)20(5)36-28(25)35-21(6)32-33-27(35)19(4)31-26/h7-8,15,17,19,30H,9-14,16H2,1-6H3/t19-/m0/s1. The summed E-state index contributed by atoms with van der Waals surface area (Å²) in [5.41, 5.74) is 8.21. The largest absolute Gasteiger partial charge is 0.371 e. The Bertz CT molecular complexity index is 1330. The molecule has 36 heavy (non-hydrogen) atoms. The molecule has 1 N–H and O–H groups in total. The number of fused-ring (bicyclic) bond motifs is 3. The molecule has 6 rings (SSSR count). The second kappa shape index (κ2) is 8.80. The maximum absolute atomic E-state index is 5.29. The third kappa shape index (κ3) is 3.74. The molecule has 3 aliphatic rings. The summed E-state index contributed by atoms with van der Waals surface area (Å²) in [4.78, 5) is 9.25. The van der Waals surface area contributed by atoms with Crippen LogP contribution in [0.1, 0.15) is 90.8 Å². The van der Waals surface area contributed by atoms with Crippen molar-refractivity contribution in [1.29, 1.82) is 0 Å². The van der Waals surface area contributed by atoms with Gasteiger partial charge in [-0.3, -0.25) is 9.56 Å². The number of aryl methyl sites for hydroxylation is 2. The minimum absolute atomic E-state index is 0.0546. The topological polar surface area (TPSA) is 58.3 Å². The molecule has 0 bridgehead atoms. The van der Waals surface area contributed by atoms with Gasteiger partial charge in [0, 0.05) is 41.3 Å². The maximum Gasteiger partial charge on any atom is 0.162 e. The van der Waals surface area contributed by atoms with E-state index in [1.54, 1.807) is 0 Å². The Kier molecular flexibility index (Phi) is 5.84. The first-order valence-corrected chi connectivity index (χ1v) is 14.3. The second-order valence-electron chi connectivity index (χ2n) is 11.4. The summed E-state index contributed by atoms with van der Waals surface area (Å²) in [6.45, 7) is 17.9. The summed E-state index contributed by atoms with van der Waals surface area (Å²) in [6.07, 6.45) is 3.92. The van der Waals surface area contributed by atoms with E-state index in [0.717, 1.165) is 30.5 Å². The highest BCUT2D eigenvalue weighted by Crippen LogP contribution is 2.42. The van der Waals surface area contributed by atoms with Crippen LogP contribution in [0.5, 0.6) is 0 Å². The number of aliphatic imine (C=N–C) groups is 1. The third-order valence-corrected chi connectivity index (χ3v) is 9.97. The highest BCUT2D eigenvalue weighted by Gasteiger charge is 2.37. The Balaban J connectivity index is 1.41. The molecule has 5 heterocycles. The van der Waals surface area contributed by atoms with Gasteiger partial charge < -0.3 is 10.2 Å². The van der Waals surface area contributed by atoms with Gasteiger partial charge in [0.2, 0.25) is 0 Å². The molecule has 0 unspecified atom stereocenters. The van der Waals surface area contributed by atoms with Gasteiger partial charge in [0.05, 0.1) is 5.71 Å². The zero-order valence-electron chi connectivity index (χ0n) is 22.5. The van der Waals surface area contributed by atoms with E-state index in [0.29, 0.717) is 11.3 Å². The predicted molar refractivity (Wildman–Crippen MR) is 149 cm³/mol. The average molecular weight is 503 g/mol. The number of piperidine rings is 1. The smallest absolute Gasteiger partial charge is 0.162 e. The van der Waals surface area contributed by atoms with E-state index in [2.05, 4.69) is 77.8 Å². The van der Waals surface area contributed by atoms with Crippen LogP contribution in [0.3, 0.4) is 0 Å². The Hall–Kier alpha value is -2.51. The summed E-state index contributed by atoms with van der Waals surface area (Å²) >= 11 is 1.83. The second-order valence-corrected chi connectivity index (χ2v) is 12.6. The Morgan fingerprint density at radius 2 is 1.86 bits per heavy atom. The maximum atomic E-state index is 5.29. The van der Waals surface area contributed by atoms with Crippen LogP contribution in [-0.4, -0.2) is 46.7 Å². The molecule has 1 spiro atoms. The van der Waals surface area contributed by atoms with Gasteiger partial charge in [-0.2, -0.15) is 0 Å². The van der Waals surface area contributed by atoms with E-state index in [-0.39, 0.29) is 6.04 Å². The molecule has 6 nitrogen and oxygen atoms in total. The van der Waals surface area contributed by atoms with Crippen molar-refractivity contribution in [3.63, 3.8) is 0 Å². The lowest BCUT2D eigenvalue weighted by atomic mass is 9.77. The van der Waals surface area contributed by atoms with Gasteiger partial charge in [0.15, 0.2) is 5.82 Å². The van der Waals surface area contributed by atoms with E-state index in [1.165, 1.54) is 70.2 Å². The molecular formula is C29H38N6S. The van der Waals surface area contributed by atoms with Crippen molar-refractivity contribution in [3.8, 4) is 5.00 Å². The van der Waals surface area contributed by atoms with Crippen LogP contribution < -0.4 is 10.2 Å². The molecule has 3 aromatic rings.